The largest absolute Gasteiger partial charge is 0.399 e. The topological polar surface area (TPSA) is 26.0 Å². The molecule has 0 fully saturated rings. The van der Waals surface area contributed by atoms with Gasteiger partial charge in [0.2, 0.25) is 0 Å². The van der Waals surface area contributed by atoms with Crippen LogP contribution in [0.5, 0.6) is 0 Å². The third-order valence-electron chi connectivity index (χ3n) is 2.93. The molecule has 2 rings (SSSR count). The van der Waals surface area contributed by atoms with Gasteiger partial charge in [0.25, 0.3) is 0 Å². The predicted octanol–water partition coefficient (Wildman–Crippen LogP) is 4.52. The van der Waals surface area contributed by atoms with Crippen LogP contribution in [0, 0.1) is 5.41 Å². The fraction of sp³-hybridized carbons (Fsp3) is 0.294. The minimum absolute atomic E-state index is 0.336. The van der Waals surface area contributed by atoms with Gasteiger partial charge in [0.1, 0.15) is 0 Å². The Kier molecular flexibility index (Phi) is 3.42. The second-order valence-electron chi connectivity index (χ2n) is 6.06. The van der Waals surface area contributed by atoms with E-state index >= 15 is 0 Å². The van der Waals surface area contributed by atoms with Gasteiger partial charge in [-0.15, -0.1) is 0 Å². The number of nitrogens with two attached hydrogens (primary N) is 1. The van der Waals surface area contributed by atoms with Crippen molar-refractivity contribution in [2.45, 2.75) is 27.2 Å². The van der Waals surface area contributed by atoms with Crippen molar-refractivity contribution in [3.05, 3.63) is 54.1 Å². The summed E-state index contributed by atoms with van der Waals surface area (Å²) in [5.74, 6) is 0. The Balaban J connectivity index is 2.20. The highest BCUT2D eigenvalue weighted by Crippen LogP contribution is 2.24. The summed E-state index contributed by atoms with van der Waals surface area (Å²) >= 11 is 0. The molecule has 2 N–H and O–H groups in total. The third kappa shape index (κ3) is 3.36. The second-order valence-corrected chi connectivity index (χ2v) is 6.06. The molecule has 1 heteroatoms. The minimum Gasteiger partial charge on any atom is -0.399 e. The smallest absolute Gasteiger partial charge is 0.0314 e. The van der Waals surface area contributed by atoms with Crippen molar-refractivity contribution in [1.82, 2.24) is 0 Å². The van der Waals surface area contributed by atoms with Crippen LogP contribution in [0.15, 0.2) is 48.5 Å². The van der Waals surface area contributed by atoms with Gasteiger partial charge in [-0.05, 0) is 40.7 Å². The van der Waals surface area contributed by atoms with Crippen molar-refractivity contribution in [1.29, 1.82) is 0 Å². The van der Waals surface area contributed by atoms with Gasteiger partial charge in [0.15, 0.2) is 0 Å². The maximum Gasteiger partial charge on any atom is 0.0314 e. The van der Waals surface area contributed by atoms with Crippen molar-refractivity contribution in [3.8, 4) is 11.1 Å². The average molecular weight is 239 g/mol. The molecular formula is C17H21N. The van der Waals surface area contributed by atoms with E-state index in [-0.39, 0.29) is 0 Å². The summed E-state index contributed by atoms with van der Waals surface area (Å²) in [5.41, 5.74) is 10.7. The number of rotatable bonds is 2. The Morgan fingerprint density at radius 2 is 1.22 bits per heavy atom. The van der Waals surface area contributed by atoms with Crippen LogP contribution in [0.2, 0.25) is 0 Å². The van der Waals surface area contributed by atoms with Gasteiger partial charge in [0.05, 0.1) is 0 Å². The molecule has 0 aliphatic heterocycles. The Bertz CT molecular complexity index is 501. The summed E-state index contributed by atoms with van der Waals surface area (Å²) in [6.07, 6.45) is 1.11. The van der Waals surface area contributed by atoms with Crippen LogP contribution in [0.3, 0.4) is 0 Å². The second kappa shape index (κ2) is 4.85. The first-order valence-corrected chi connectivity index (χ1v) is 6.39. The van der Waals surface area contributed by atoms with Crippen molar-refractivity contribution >= 4 is 5.69 Å². The van der Waals surface area contributed by atoms with E-state index in [1.165, 1.54) is 16.7 Å². The van der Waals surface area contributed by atoms with E-state index in [1.807, 2.05) is 12.1 Å². The molecule has 2 aromatic carbocycles. The minimum atomic E-state index is 0.336. The van der Waals surface area contributed by atoms with Crippen molar-refractivity contribution in [3.63, 3.8) is 0 Å². The number of benzene rings is 2. The fourth-order valence-corrected chi connectivity index (χ4v) is 2.10. The van der Waals surface area contributed by atoms with Crippen LogP contribution in [-0.2, 0) is 6.42 Å². The molecule has 0 aliphatic rings. The Hall–Kier alpha value is -1.76. The van der Waals surface area contributed by atoms with Crippen molar-refractivity contribution in [2.24, 2.45) is 5.41 Å². The van der Waals surface area contributed by atoms with Crippen LogP contribution in [0.1, 0.15) is 26.3 Å². The molecule has 0 saturated heterocycles. The lowest BCUT2D eigenvalue weighted by molar-refractivity contribution is 0.411. The van der Waals surface area contributed by atoms with Gasteiger partial charge in [0, 0.05) is 5.69 Å². The molecule has 0 bridgehead atoms. The molecule has 94 valence electrons. The zero-order valence-electron chi connectivity index (χ0n) is 11.4. The maximum absolute atomic E-state index is 5.70. The highest BCUT2D eigenvalue weighted by molar-refractivity contribution is 5.65. The van der Waals surface area contributed by atoms with Crippen LogP contribution in [0.4, 0.5) is 5.69 Å². The van der Waals surface area contributed by atoms with E-state index in [9.17, 15) is 0 Å². The third-order valence-corrected chi connectivity index (χ3v) is 2.93. The van der Waals surface area contributed by atoms with Crippen LogP contribution >= 0.6 is 0 Å². The molecule has 2 aromatic rings. The lowest BCUT2D eigenvalue weighted by atomic mass is 9.87. The molecule has 18 heavy (non-hydrogen) atoms. The summed E-state index contributed by atoms with van der Waals surface area (Å²) in [7, 11) is 0. The average Bonchev–Trinajstić information content (AvgIpc) is 2.29. The highest BCUT2D eigenvalue weighted by atomic mass is 14.5. The molecule has 0 spiro atoms. The summed E-state index contributed by atoms with van der Waals surface area (Å²) in [4.78, 5) is 0. The van der Waals surface area contributed by atoms with Crippen LogP contribution in [0.25, 0.3) is 11.1 Å². The van der Waals surface area contributed by atoms with Gasteiger partial charge >= 0.3 is 0 Å². The Morgan fingerprint density at radius 1 is 0.778 bits per heavy atom. The van der Waals surface area contributed by atoms with Crippen LogP contribution < -0.4 is 5.73 Å². The maximum atomic E-state index is 5.70. The zero-order valence-corrected chi connectivity index (χ0v) is 11.4. The van der Waals surface area contributed by atoms with E-state index in [2.05, 4.69) is 57.2 Å². The standard InChI is InChI=1S/C17H21N/c1-17(2,3)12-13-4-6-14(7-5-13)15-8-10-16(18)11-9-15/h4-11H,12,18H2,1-3H3. The number of hydrogen-bond donors (Lipinski definition) is 1. The molecular weight excluding hydrogens is 218 g/mol. The normalized spacial score (nSPS) is 11.5. The monoisotopic (exact) mass is 239 g/mol. The number of nitrogen functional groups attached to an aromatic ring is 1. The van der Waals surface area contributed by atoms with E-state index in [0.717, 1.165) is 12.1 Å². The Labute approximate surface area is 110 Å². The molecule has 0 aromatic heterocycles. The summed E-state index contributed by atoms with van der Waals surface area (Å²) in [6, 6.07) is 16.8. The predicted molar refractivity (Wildman–Crippen MR) is 79.4 cm³/mol. The fourth-order valence-electron chi connectivity index (χ4n) is 2.10. The van der Waals surface area contributed by atoms with Gasteiger partial charge in [-0.25, -0.2) is 0 Å². The molecule has 1 nitrogen and oxygen atoms in total. The molecule has 0 saturated carbocycles. The molecule has 0 heterocycles. The first-order valence-electron chi connectivity index (χ1n) is 6.39. The lowest BCUT2D eigenvalue weighted by Gasteiger charge is -2.18. The Morgan fingerprint density at radius 3 is 1.67 bits per heavy atom. The summed E-state index contributed by atoms with van der Waals surface area (Å²) in [6.45, 7) is 6.79. The SMILES string of the molecule is CC(C)(C)Cc1ccc(-c2ccc(N)cc2)cc1. The quantitative estimate of drug-likeness (QED) is 0.766. The highest BCUT2D eigenvalue weighted by Gasteiger charge is 2.10. The molecule has 0 aliphatic carbocycles. The molecule has 0 amide bonds. The van der Waals surface area contributed by atoms with Gasteiger partial charge < -0.3 is 5.73 Å². The number of hydrogen-bond acceptors (Lipinski definition) is 1. The van der Waals surface area contributed by atoms with Gasteiger partial charge in [-0.3, -0.25) is 0 Å². The van der Waals surface area contributed by atoms with E-state index in [1.54, 1.807) is 0 Å². The lowest BCUT2D eigenvalue weighted by Crippen LogP contribution is -2.08. The van der Waals surface area contributed by atoms with Crippen LogP contribution in [-0.4, -0.2) is 0 Å². The van der Waals surface area contributed by atoms with E-state index < -0.39 is 0 Å². The van der Waals surface area contributed by atoms with Gasteiger partial charge in [-0.1, -0.05) is 57.2 Å². The van der Waals surface area contributed by atoms with Crippen molar-refractivity contribution < 1.29 is 0 Å². The summed E-state index contributed by atoms with van der Waals surface area (Å²) < 4.78 is 0. The first kappa shape index (κ1) is 12.7. The molecule has 0 atom stereocenters. The number of anilines is 1. The van der Waals surface area contributed by atoms with Gasteiger partial charge in [-0.2, -0.15) is 0 Å². The molecule has 0 unspecified atom stereocenters. The van der Waals surface area contributed by atoms with E-state index in [4.69, 9.17) is 5.73 Å². The zero-order chi connectivity index (χ0) is 13.2. The first-order chi connectivity index (χ1) is 8.44. The van der Waals surface area contributed by atoms with E-state index in [0.29, 0.717) is 5.41 Å². The van der Waals surface area contributed by atoms with Crippen molar-refractivity contribution in [2.75, 3.05) is 5.73 Å². The summed E-state index contributed by atoms with van der Waals surface area (Å²) in [5, 5.41) is 0. The molecule has 0 radical (unpaired) electrons.